The van der Waals surface area contributed by atoms with Crippen molar-refractivity contribution in [3.05, 3.63) is 71.9 Å². The second-order valence-electron chi connectivity index (χ2n) is 11.2. The number of halogens is 3. The number of aliphatic hydroxyl groups is 1. The number of hydrogen-bond donors (Lipinski definition) is 6. The fraction of sp³-hybridized carbons (Fsp3) is 0.433. The van der Waals surface area contributed by atoms with Crippen LogP contribution in [0.25, 0.3) is 10.9 Å². The van der Waals surface area contributed by atoms with E-state index >= 15 is 0 Å². The Hall–Kier alpha value is -3.62. The van der Waals surface area contributed by atoms with Crippen molar-refractivity contribution in [2.75, 3.05) is 45.1 Å². The molecule has 0 fully saturated rings. The van der Waals surface area contributed by atoms with Crippen LogP contribution in [0.4, 0.5) is 18.9 Å². The zero-order valence-electron chi connectivity index (χ0n) is 24.4. The van der Waals surface area contributed by atoms with Gasteiger partial charge in [-0.15, -0.1) is 0 Å². The number of carbonyl (C=O) groups excluding carboxylic acids is 2. The number of aromatic nitrogens is 1. The van der Waals surface area contributed by atoms with E-state index in [2.05, 4.69) is 15.6 Å². The summed E-state index contributed by atoms with van der Waals surface area (Å²) in [5.41, 5.74) is 15.6. The molecule has 2 unspecified atom stereocenters. The van der Waals surface area contributed by atoms with E-state index < -0.39 is 41.2 Å². The van der Waals surface area contributed by atoms with Gasteiger partial charge in [-0.25, -0.2) is 0 Å². The highest BCUT2D eigenvalue weighted by molar-refractivity contribution is 5.99. The van der Waals surface area contributed by atoms with Gasteiger partial charge in [0.15, 0.2) is 0 Å². The number of benzene rings is 2. The fourth-order valence-corrected chi connectivity index (χ4v) is 5.01. The van der Waals surface area contributed by atoms with Crippen LogP contribution in [0, 0.1) is 0 Å². The molecule has 3 atom stereocenters. The maximum atomic E-state index is 13.6. The van der Waals surface area contributed by atoms with Crippen LogP contribution in [0.5, 0.6) is 0 Å². The number of nitrogens with two attached hydrogens (primary N) is 3. The summed E-state index contributed by atoms with van der Waals surface area (Å²) in [6.45, 7) is 4.29. The molecule has 1 aromatic heterocycles. The summed E-state index contributed by atoms with van der Waals surface area (Å²) in [6, 6.07) is 10.0. The molecule has 0 aliphatic carbocycles. The van der Waals surface area contributed by atoms with Crippen molar-refractivity contribution in [3.63, 3.8) is 0 Å². The first-order valence-corrected chi connectivity index (χ1v) is 14.1. The van der Waals surface area contributed by atoms with E-state index in [1.807, 2.05) is 19.2 Å². The third kappa shape index (κ3) is 8.94. The molecule has 1 heterocycles. The second kappa shape index (κ2) is 14.2. The number of para-hydroxylation sites is 1. The number of anilines is 1. The SMILES string of the molecule is C[C@@](O)(c1ccc(C(F)(F)F)cc1)C(NC(=O)C(N)CCC[N+](C)(CCN)CCN)C(=O)Nc1cnc2ccccc2c1. The summed E-state index contributed by atoms with van der Waals surface area (Å²) in [4.78, 5) is 31.1. The first-order valence-electron chi connectivity index (χ1n) is 14.1. The van der Waals surface area contributed by atoms with Crippen LogP contribution >= 0.6 is 0 Å². The maximum Gasteiger partial charge on any atom is 0.416 e. The summed E-state index contributed by atoms with van der Waals surface area (Å²) in [5.74, 6) is -1.51. The van der Waals surface area contributed by atoms with Gasteiger partial charge in [-0.2, -0.15) is 13.2 Å². The van der Waals surface area contributed by atoms with Crippen LogP contribution in [0.15, 0.2) is 60.8 Å². The van der Waals surface area contributed by atoms with Crippen LogP contribution < -0.4 is 27.8 Å². The minimum atomic E-state index is -4.59. The first kappa shape index (κ1) is 33.9. The molecular weight excluding hydrogens is 563 g/mol. The molecule has 43 heavy (non-hydrogen) atoms. The normalized spacial score (nSPS) is 15.0. The summed E-state index contributed by atoms with van der Waals surface area (Å²) < 4.78 is 40.1. The lowest BCUT2D eigenvalue weighted by Gasteiger charge is -2.35. The predicted octanol–water partition coefficient (Wildman–Crippen LogP) is 2.06. The standard InChI is InChI=1S/C30H40F3N7O3/c1-29(43,21-9-11-22(12-10-21)30(31,32)33)26(28(42)38-23-18-20-6-3-4-8-25(20)37-19-23)39-27(41)24(36)7-5-15-40(2,16-13-34)17-14-35/h3-4,6,8-12,18-19,24,26,43H,5,7,13-17,34-36H2,1-2H3,(H-,38,39,41,42)/p+1/t24?,26?,29-/m1/s1. The number of nitrogens with one attached hydrogen (secondary N) is 2. The molecule has 0 radical (unpaired) electrons. The average molecular weight is 605 g/mol. The Morgan fingerprint density at radius 3 is 2.19 bits per heavy atom. The Bertz CT molecular complexity index is 1380. The monoisotopic (exact) mass is 604 g/mol. The van der Waals surface area contributed by atoms with Crippen molar-refractivity contribution in [2.45, 2.75) is 43.6 Å². The number of fused-ring (bicyclic) bond motifs is 1. The van der Waals surface area contributed by atoms with E-state index in [-0.39, 0.29) is 12.0 Å². The van der Waals surface area contributed by atoms with Gasteiger partial charge in [0.2, 0.25) is 11.8 Å². The number of quaternary nitrogens is 1. The maximum absolute atomic E-state index is 13.6. The lowest BCUT2D eigenvalue weighted by Crippen LogP contribution is -2.58. The Kier molecular flexibility index (Phi) is 11.2. The van der Waals surface area contributed by atoms with Gasteiger partial charge >= 0.3 is 6.18 Å². The van der Waals surface area contributed by atoms with E-state index in [0.717, 1.165) is 29.7 Å². The molecule has 0 saturated heterocycles. The van der Waals surface area contributed by atoms with Gasteiger partial charge in [0.05, 0.1) is 55.7 Å². The summed E-state index contributed by atoms with van der Waals surface area (Å²) >= 11 is 0. The van der Waals surface area contributed by atoms with Gasteiger partial charge in [0.25, 0.3) is 0 Å². The number of carbonyl (C=O) groups is 2. The van der Waals surface area contributed by atoms with Crippen molar-refractivity contribution in [3.8, 4) is 0 Å². The van der Waals surface area contributed by atoms with E-state index in [1.54, 1.807) is 18.2 Å². The largest absolute Gasteiger partial charge is 0.416 e. The Labute approximate surface area is 249 Å². The van der Waals surface area contributed by atoms with Crippen molar-refractivity contribution < 1.29 is 32.3 Å². The molecular formula is C30H41F3N7O3+. The molecule has 0 aliphatic rings. The second-order valence-corrected chi connectivity index (χ2v) is 11.2. The number of hydrogen-bond acceptors (Lipinski definition) is 7. The summed E-state index contributed by atoms with van der Waals surface area (Å²) in [6.07, 6.45) is -2.32. The average Bonchev–Trinajstić information content (AvgIpc) is 2.95. The molecule has 0 bridgehead atoms. The summed E-state index contributed by atoms with van der Waals surface area (Å²) in [7, 11) is 2.02. The lowest BCUT2D eigenvalue weighted by atomic mass is 9.86. The Morgan fingerprint density at radius 1 is 0.977 bits per heavy atom. The van der Waals surface area contributed by atoms with E-state index in [9.17, 15) is 27.9 Å². The highest BCUT2D eigenvalue weighted by Crippen LogP contribution is 2.32. The number of alkyl halides is 3. The Balaban J connectivity index is 1.83. The van der Waals surface area contributed by atoms with Crippen molar-refractivity contribution >= 4 is 28.4 Å². The molecule has 0 aliphatic heterocycles. The quantitative estimate of drug-likeness (QED) is 0.153. The molecule has 2 amide bonds. The highest BCUT2D eigenvalue weighted by atomic mass is 19.4. The fourth-order valence-electron chi connectivity index (χ4n) is 5.01. The number of nitrogens with zero attached hydrogens (tertiary/aromatic N) is 2. The van der Waals surface area contributed by atoms with Crippen LogP contribution in [0.2, 0.25) is 0 Å². The van der Waals surface area contributed by atoms with Gasteiger partial charge in [0, 0.05) is 18.5 Å². The zero-order valence-corrected chi connectivity index (χ0v) is 24.4. The molecule has 13 heteroatoms. The van der Waals surface area contributed by atoms with E-state index in [1.165, 1.54) is 13.1 Å². The van der Waals surface area contributed by atoms with Gasteiger partial charge in [-0.3, -0.25) is 14.6 Å². The molecule has 0 saturated carbocycles. The summed E-state index contributed by atoms with van der Waals surface area (Å²) in [5, 5.41) is 17.5. The number of likely N-dealkylation sites (N-methyl/N-ethyl adjacent to an activating group) is 1. The molecule has 9 N–H and O–H groups in total. The van der Waals surface area contributed by atoms with E-state index in [0.29, 0.717) is 54.8 Å². The zero-order chi connectivity index (χ0) is 31.8. The van der Waals surface area contributed by atoms with Crippen molar-refractivity contribution in [2.24, 2.45) is 17.2 Å². The molecule has 3 aromatic rings. The topological polar surface area (TPSA) is 169 Å². The third-order valence-corrected chi connectivity index (χ3v) is 7.65. The molecule has 234 valence electrons. The number of pyridine rings is 1. The van der Waals surface area contributed by atoms with Crippen LogP contribution in [0.3, 0.4) is 0 Å². The number of amides is 2. The van der Waals surface area contributed by atoms with Crippen LogP contribution in [-0.4, -0.2) is 78.2 Å². The van der Waals surface area contributed by atoms with Gasteiger partial charge < -0.3 is 37.4 Å². The smallest absolute Gasteiger partial charge is 0.383 e. The highest BCUT2D eigenvalue weighted by Gasteiger charge is 2.41. The van der Waals surface area contributed by atoms with Crippen LogP contribution in [-0.2, 0) is 21.4 Å². The van der Waals surface area contributed by atoms with Gasteiger partial charge in [-0.1, -0.05) is 30.3 Å². The molecule has 0 spiro atoms. The molecule has 3 rings (SSSR count). The minimum Gasteiger partial charge on any atom is -0.383 e. The number of rotatable bonds is 14. The lowest BCUT2D eigenvalue weighted by molar-refractivity contribution is -0.907. The van der Waals surface area contributed by atoms with Crippen molar-refractivity contribution in [1.82, 2.24) is 10.3 Å². The Morgan fingerprint density at radius 2 is 1.58 bits per heavy atom. The van der Waals surface area contributed by atoms with Crippen LogP contribution in [0.1, 0.15) is 30.9 Å². The molecule has 2 aromatic carbocycles. The van der Waals surface area contributed by atoms with E-state index in [4.69, 9.17) is 17.2 Å². The van der Waals surface area contributed by atoms with Gasteiger partial charge in [-0.05, 0) is 49.6 Å². The van der Waals surface area contributed by atoms with Crippen molar-refractivity contribution in [1.29, 1.82) is 0 Å². The predicted molar refractivity (Wildman–Crippen MR) is 159 cm³/mol. The van der Waals surface area contributed by atoms with Gasteiger partial charge in [0.1, 0.15) is 11.6 Å². The minimum absolute atomic E-state index is 0.0113. The first-order chi connectivity index (χ1) is 20.2. The third-order valence-electron chi connectivity index (χ3n) is 7.65. The molecule has 10 nitrogen and oxygen atoms in total.